The zero-order valence-electron chi connectivity index (χ0n) is 9.92. The van der Waals surface area contributed by atoms with Crippen LogP contribution in [0.4, 0.5) is 0 Å². The van der Waals surface area contributed by atoms with E-state index in [2.05, 4.69) is 15.5 Å². The highest BCUT2D eigenvalue weighted by Gasteiger charge is 2.06. The van der Waals surface area contributed by atoms with Crippen molar-refractivity contribution in [2.24, 2.45) is 16.8 Å². The summed E-state index contributed by atoms with van der Waals surface area (Å²) < 4.78 is 0. The van der Waals surface area contributed by atoms with Crippen LogP contribution in [0.3, 0.4) is 0 Å². The number of hydrazine groups is 1. The summed E-state index contributed by atoms with van der Waals surface area (Å²) in [7, 11) is 0. The van der Waals surface area contributed by atoms with Crippen LogP contribution in [0.2, 0.25) is 0 Å². The number of aromatic nitrogens is 1. The molecule has 1 aromatic carbocycles. The first-order valence-corrected chi connectivity index (χ1v) is 5.42. The smallest absolute Gasteiger partial charge is 0.290 e. The third-order valence-electron chi connectivity index (χ3n) is 2.62. The monoisotopic (exact) mass is 259 g/mol. The molecule has 0 aliphatic heterocycles. The average Bonchev–Trinajstić information content (AvgIpc) is 2.44. The Morgan fingerprint density at radius 1 is 1.32 bits per heavy atom. The van der Waals surface area contributed by atoms with E-state index in [1.54, 1.807) is 18.2 Å². The molecule has 1 heterocycles. The van der Waals surface area contributed by atoms with Crippen molar-refractivity contribution < 1.29 is 5.11 Å². The van der Waals surface area contributed by atoms with E-state index in [4.69, 9.17) is 11.7 Å². The Hall–Kier alpha value is -2.80. The van der Waals surface area contributed by atoms with Gasteiger partial charge in [0.05, 0.1) is 0 Å². The first-order valence-electron chi connectivity index (χ1n) is 5.42. The highest BCUT2D eigenvalue weighted by molar-refractivity contribution is 5.99. The number of amidine groups is 1. The zero-order chi connectivity index (χ0) is 13.8. The minimum Gasteiger partial charge on any atom is -0.503 e. The van der Waals surface area contributed by atoms with Crippen molar-refractivity contribution in [1.29, 1.82) is 0 Å². The fourth-order valence-electron chi connectivity index (χ4n) is 1.68. The number of rotatable bonds is 2. The number of benzene rings is 1. The second-order valence-corrected chi connectivity index (χ2v) is 3.81. The van der Waals surface area contributed by atoms with Crippen molar-refractivity contribution in [3.8, 4) is 16.9 Å². The first-order chi connectivity index (χ1) is 9.15. The Balaban J connectivity index is 2.48. The second-order valence-electron chi connectivity index (χ2n) is 3.81. The fraction of sp³-hybridized carbons (Fsp3) is 0. The predicted octanol–water partition coefficient (Wildman–Crippen LogP) is -0.169. The maximum Gasteiger partial charge on any atom is 0.290 e. The zero-order valence-corrected chi connectivity index (χ0v) is 9.92. The topological polar surface area (TPSA) is 130 Å². The van der Waals surface area contributed by atoms with E-state index in [1.165, 1.54) is 12.3 Å². The van der Waals surface area contributed by atoms with Crippen molar-refractivity contribution >= 4 is 5.84 Å². The van der Waals surface area contributed by atoms with Crippen LogP contribution in [0.25, 0.3) is 11.1 Å². The maximum absolute atomic E-state index is 11.1. The summed E-state index contributed by atoms with van der Waals surface area (Å²) in [5.41, 5.74) is 3.98. The number of nitrogens with two attached hydrogens (primary N) is 2. The van der Waals surface area contributed by atoms with Crippen molar-refractivity contribution in [2.75, 3.05) is 0 Å². The third kappa shape index (κ3) is 2.55. The van der Waals surface area contributed by atoms with Crippen LogP contribution >= 0.6 is 0 Å². The number of nitrogens with zero attached hydrogens (tertiary/aromatic N) is 1. The molecule has 7 nitrogen and oxygen atoms in total. The van der Waals surface area contributed by atoms with Crippen LogP contribution in [0, 0.1) is 0 Å². The fourth-order valence-corrected chi connectivity index (χ4v) is 1.68. The molecule has 0 radical (unpaired) electrons. The maximum atomic E-state index is 11.1. The van der Waals surface area contributed by atoms with Gasteiger partial charge in [0.15, 0.2) is 11.6 Å². The van der Waals surface area contributed by atoms with Gasteiger partial charge in [0.2, 0.25) is 0 Å². The van der Waals surface area contributed by atoms with Crippen LogP contribution < -0.4 is 22.7 Å². The first kappa shape index (κ1) is 12.7. The summed E-state index contributed by atoms with van der Waals surface area (Å²) in [5.74, 6) is 10.5. The number of aromatic amines is 1. The molecule has 7 N–H and O–H groups in total. The van der Waals surface area contributed by atoms with Gasteiger partial charge in [0.25, 0.3) is 5.56 Å². The van der Waals surface area contributed by atoms with Crippen molar-refractivity contribution in [3.63, 3.8) is 0 Å². The van der Waals surface area contributed by atoms with Crippen molar-refractivity contribution in [2.45, 2.75) is 0 Å². The average molecular weight is 259 g/mol. The molecule has 0 atom stereocenters. The highest BCUT2D eigenvalue weighted by Crippen LogP contribution is 2.21. The standard InChI is InChI=1S/C12H13N5O2/c13-16-11(17-14)8-3-1-2-7(4-8)9-5-10(18)12(19)15-6-9/h1-6,18H,13-14H2,(H,15,19)(H,16,17). The minimum atomic E-state index is -0.535. The molecule has 0 aliphatic rings. The van der Waals surface area contributed by atoms with E-state index in [0.29, 0.717) is 17.0 Å². The third-order valence-corrected chi connectivity index (χ3v) is 2.62. The van der Waals surface area contributed by atoms with E-state index in [1.807, 2.05) is 6.07 Å². The largest absolute Gasteiger partial charge is 0.503 e. The second kappa shape index (κ2) is 5.23. The predicted molar refractivity (Wildman–Crippen MR) is 72.2 cm³/mol. The molecule has 7 heteroatoms. The molecule has 0 aliphatic carbocycles. The van der Waals surface area contributed by atoms with Gasteiger partial charge >= 0.3 is 0 Å². The summed E-state index contributed by atoms with van der Waals surface area (Å²) in [6, 6.07) is 8.54. The Bertz CT molecular complexity index is 678. The number of hydrazone groups is 1. The Kier molecular flexibility index (Phi) is 3.48. The summed E-state index contributed by atoms with van der Waals surface area (Å²) in [6.45, 7) is 0. The van der Waals surface area contributed by atoms with E-state index in [-0.39, 0.29) is 5.75 Å². The molecule has 0 saturated carbocycles. The number of pyridine rings is 1. The number of H-pyrrole nitrogens is 1. The van der Waals surface area contributed by atoms with Gasteiger partial charge in [0, 0.05) is 17.3 Å². The van der Waals surface area contributed by atoms with Crippen molar-refractivity contribution in [1.82, 2.24) is 10.4 Å². The van der Waals surface area contributed by atoms with Gasteiger partial charge in [-0.05, 0) is 17.7 Å². The van der Waals surface area contributed by atoms with Gasteiger partial charge in [-0.25, -0.2) is 5.84 Å². The van der Waals surface area contributed by atoms with Gasteiger partial charge in [0.1, 0.15) is 0 Å². The molecule has 2 rings (SSSR count). The summed E-state index contributed by atoms with van der Waals surface area (Å²) in [5, 5.41) is 12.9. The SMILES string of the molecule is N/N=C(\NN)c1cccc(-c2c[nH]c(=O)c(O)c2)c1. The van der Waals surface area contributed by atoms with Crippen LogP contribution in [-0.4, -0.2) is 15.9 Å². The summed E-state index contributed by atoms with van der Waals surface area (Å²) in [6.07, 6.45) is 1.51. The Labute approximate surface area is 108 Å². The number of aromatic hydroxyl groups is 1. The summed E-state index contributed by atoms with van der Waals surface area (Å²) >= 11 is 0. The molecule has 0 unspecified atom stereocenters. The molecule has 2 aromatic rings. The molecule has 0 amide bonds. The van der Waals surface area contributed by atoms with Crippen molar-refractivity contribution in [3.05, 3.63) is 52.4 Å². The molecule has 0 bridgehead atoms. The van der Waals surface area contributed by atoms with Gasteiger partial charge in [-0.15, -0.1) is 0 Å². The van der Waals surface area contributed by atoms with Gasteiger partial charge in [-0.3, -0.25) is 4.79 Å². The van der Waals surface area contributed by atoms with Crippen LogP contribution in [-0.2, 0) is 0 Å². The van der Waals surface area contributed by atoms with E-state index in [0.717, 1.165) is 5.56 Å². The normalized spacial score (nSPS) is 11.3. The lowest BCUT2D eigenvalue weighted by atomic mass is 10.0. The highest BCUT2D eigenvalue weighted by atomic mass is 16.3. The van der Waals surface area contributed by atoms with Crippen LogP contribution in [0.5, 0.6) is 5.75 Å². The van der Waals surface area contributed by atoms with Gasteiger partial charge in [-0.2, -0.15) is 5.10 Å². The van der Waals surface area contributed by atoms with Gasteiger partial charge in [-0.1, -0.05) is 18.2 Å². The van der Waals surface area contributed by atoms with E-state index >= 15 is 0 Å². The molecule has 98 valence electrons. The molecule has 1 aromatic heterocycles. The Morgan fingerprint density at radius 3 is 2.74 bits per heavy atom. The van der Waals surface area contributed by atoms with E-state index in [9.17, 15) is 9.90 Å². The van der Waals surface area contributed by atoms with Crippen LogP contribution in [0.1, 0.15) is 5.56 Å². The number of nitrogens with one attached hydrogen (secondary N) is 2. The van der Waals surface area contributed by atoms with E-state index < -0.39 is 5.56 Å². The molecule has 0 spiro atoms. The lowest BCUT2D eigenvalue weighted by Crippen LogP contribution is -2.32. The quantitative estimate of drug-likeness (QED) is 0.221. The molecular formula is C12H13N5O2. The molecular weight excluding hydrogens is 246 g/mol. The molecule has 0 fully saturated rings. The lowest BCUT2D eigenvalue weighted by Gasteiger charge is -2.07. The Morgan fingerprint density at radius 2 is 2.11 bits per heavy atom. The number of hydrogen-bond donors (Lipinski definition) is 5. The number of hydrogen-bond acceptors (Lipinski definition) is 5. The minimum absolute atomic E-state index is 0.329. The summed E-state index contributed by atoms with van der Waals surface area (Å²) in [4.78, 5) is 13.5. The van der Waals surface area contributed by atoms with Crippen LogP contribution in [0.15, 0.2) is 46.4 Å². The molecule has 19 heavy (non-hydrogen) atoms. The lowest BCUT2D eigenvalue weighted by molar-refractivity contribution is 0.467. The molecule has 0 saturated heterocycles. The van der Waals surface area contributed by atoms with Gasteiger partial charge < -0.3 is 21.4 Å².